The van der Waals surface area contributed by atoms with E-state index in [1.54, 1.807) is 6.07 Å². The van der Waals surface area contributed by atoms with Crippen LogP contribution in [0.4, 0.5) is 0 Å². The molecule has 0 amide bonds. The zero-order valence-corrected chi connectivity index (χ0v) is 18.6. The van der Waals surface area contributed by atoms with E-state index in [0.29, 0.717) is 5.02 Å². The summed E-state index contributed by atoms with van der Waals surface area (Å²) < 4.78 is 0. The molecule has 4 nitrogen and oxygen atoms in total. The van der Waals surface area contributed by atoms with Crippen LogP contribution < -0.4 is 0 Å². The molecule has 0 saturated heterocycles. The third kappa shape index (κ3) is 6.28. The van der Waals surface area contributed by atoms with Crippen LogP contribution in [0.3, 0.4) is 0 Å². The third-order valence-corrected chi connectivity index (χ3v) is 5.50. The van der Waals surface area contributed by atoms with Gasteiger partial charge in [0.2, 0.25) is 0 Å². The molecule has 2 aromatic carbocycles. The fraction of sp³-hybridized carbons (Fsp3) is 0.360. The molecular formula is C25H30ClN3O. The summed E-state index contributed by atoms with van der Waals surface area (Å²) in [6.07, 6.45) is 5.60. The number of aromatic hydroxyl groups is 1. The maximum absolute atomic E-state index is 9.54. The predicted molar refractivity (Wildman–Crippen MR) is 124 cm³/mol. The molecule has 0 spiro atoms. The molecule has 0 unspecified atom stereocenters. The van der Waals surface area contributed by atoms with Crippen LogP contribution in [0.1, 0.15) is 43.6 Å². The Morgan fingerprint density at radius 2 is 1.87 bits per heavy atom. The Morgan fingerprint density at radius 3 is 2.63 bits per heavy atom. The number of aryl methyl sites for hydroxylation is 2. The fourth-order valence-corrected chi connectivity index (χ4v) is 3.79. The molecule has 1 N–H and O–H groups in total. The average molecular weight is 424 g/mol. The molecular weight excluding hydrogens is 394 g/mol. The number of phenolic OH excluding ortho intramolecular Hbond substituents is 1. The topological polar surface area (TPSA) is 49.2 Å². The van der Waals surface area contributed by atoms with Crippen LogP contribution in [0.5, 0.6) is 5.75 Å². The zero-order chi connectivity index (χ0) is 21.3. The van der Waals surface area contributed by atoms with E-state index in [1.807, 2.05) is 24.4 Å². The normalized spacial score (nSPS) is 11.2. The summed E-state index contributed by atoms with van der Waals surface area (Å²) in [5.41, 5.74) is 4.52. The zero-order valence-electron chi connectivity index (χ0n) is 17.8. The first kappa shape index (κ1) is 22.3. The number of rotatable bonds is 10. The van der Waals surface area contributed by atoms with Gasteiger partial charge in [0.05, 0.1) is 10.7 Å². The minimum Gasteiger partial charge on any atom is -0.506 e. The first-order valence-electron chi connectivity index (χ1n) is 10.7. The molecule has 1 heterocycles. The highest BCUT2D eigenvalue weighted by Gasteiger charge is 2.07. The molecule has 0 fully saturated rings. The highest BCUT2D eigenvalue weighted by molar-refractivity contribution is 6.32. The van der Waals surface area contributed by atoms with E-state index in [0.717, 1.165) is 61.5 Å². The Labute approximate surface area is 184 Å². The molecule has 3 rings (SSSR count). The number of benzene rings is 2. The van der Waals surface area contributed by atoms with Crippen molar-refractivity contribution in [2.45, 2.75) is 46.1 Å². The fourth-order valence-electron chi connectivity index (χ4n) is 3.59. The van der Waals surface area contributed by atoms with Gasteiger partial charge in [0, 0.05) is 24.7 Å². The van der Waals surface area contributed by atoms with Crippen LogP contribution >= 0.6 is 11.6 Å². The predicted octanol–water partition coefficient (Wildman–Crippen LogP) is 5.91. The molecule has 0 saturated carbocycles. The summed E-state index contributed by atoms with van der Waals surface area (Å²) >= 11 is 5.99. The van der Waals surface area contributed by atoms with Gasteiger partial charge in [-0.25, -0.2) is 9.97 Å². The molecule has 0 aliphatic heterocycles. The summed E-state index contributed by atoms with van der Waals surface area (Å²) in [6, 6.07) is 16.0. The first-order chi connectivity index (χ1) is 14.6. The Balaban J connectivity index is 1.64. The van der Waals surface area contributed by atoms with E-state index in [-0.39, 0.29) is 5.75 Å². The SMILES string of the molecule is CCCN(CC)Cc1cccc(-c2ccnc(CCCc3ccc(O)c(Cl)c3)n2)c1. The summed E-state index contributed by atoms with van der Waals surface area (Å²) in [4.78, 5) is 11.7. The van der Waals surface area contributed by atoms with E-state index < -0.39 is 0 Å². The summed E-state index contributed by atoms with van der Waals surface area (Å²) in [5.74, 6) is 0.972. The number of hydrogen-bond acceptors (Lipinski definition) is 4. The van der Waals surface area contributed by atoms with E-state index in [9.17, 15) is 5.11 Å². The summed E-state index contributed by atoms with van der Waals surface area (Å²) in [6.45, 7) is 7.57. The lowest BCUT2D eigenvalue weighted by Gasteiger charge is -2.19. The van der Waals surface area contributed by atoms with Gasteiger partial charge in [0.25, 0.3) is 0 Å². The number of phenols is 1. The Hall–Kier alpha value is -2.43. The molecule has 5 heteroatoms. The quantitative estimate of drug-likeness (QED) is 0.440. The minimum atomic E-state index is 0.121. The molecule has 158 valence electrons. The number of halogens is 1. The van der Waals surface area contributed by atoms with Crippen molar-refractivity contribution in [2.24, 2.45) is 0 Å². The van der Waals surface area contributed by atoms with E-state index >= 15 is 0 Å². The number of hydrogen-bond donors (Lipinski definition) is 1. The maximum Gasteiger partial charge on any atom is 0.134 e. The number of aromatic nitrogens is 2. The van der Waals surface area contributed by atoms with Gasteiger partial charge in [-0.3, -0.25) is 4.90 Å². The third-order valence-electron chi connectivity index (χ3n) is 5.20. The van der Waals surface area contributed by atoms with Crippen LogP contribution in [-0.4, -0.2) is 33.1 Å². The van der Waals surface area contributed by atoms with Gasteiger partial charge >= 0.3 is 0 Å². The molecule has 0 atom stereocenters. The largest absolute Gasteiger partial charge is 0.506 e. The summed E-state index contributed by atoms with van der Waals surface area (Å²) in [5, 5.41) is 9.93. The van der Waals surface area contributed by atoms with Gasteiger partial charge in [-0.05, 0) is 67.7 Å². The van der Waals surface area contributed by atoms with Gasteiger partial charge in [-0.15, -0.1) is 0 Å². The molecule has 0 bridgehead atoms. The highest BCUT2D eigenvalue weighted by atomic mass is 35.5. The van der Waals surface area contributed by atoms with Gasteiger partial charge < -0.3 is 5.11 Å². The molecule has 3 aromatic rings. The molecule has 0 aliphatic carbocycles. The smallest absolute Gasteiger partial charge is 0.134 e. The second kappa shape index (κ2) is 11.1. The second-order valence-corrected chi connectivity index (χ2v) is 7.97. The van der Waals surface area contributed by atoms with Crippen molar-refractivity contribution in [1.82, 2.24) is 14.9 Å². The maximum atomic E-state index is 9.54. The lowest BCUT2D eigenvalue weighted by Crippen LogP contribution is -2.23. The van der Waals surface area contributed by atoms with Crippen molar-refractivity contribution in [3.63, 3.8) is 0 Å². The first-order valence-corrected chi connectivity index (χ1v) is 11.1. The monoisotopic (exact) mass is 423 g/mol. The lowest BCUT2D eigenvalue weighted by atomic mass is 10.1. The Kier molecular flexibility index (Phi) is 8.23. The second-order valence-electron chi connectivity index (χ2n) is 7.57. The average Bonchev–Trinajstić information content (AvgIpc) is 2.76. The van der Waals surface area contributed by atoms with Crippen LogP contribution in [-0.2, 0) is 19.4 Å². The van der Waals surface area contributed by atoms with Crippen molar-refractivity contribution in [3.8, 4) is 17.0 Å². The lowest BCUT2D eigenvalue weighted by molar-refractivity contribution is 0.280. The van der Waals surface area contributed by atoms with Crippen LogP contribution in [0, 0.1) is 0 Å². The van der Waals surface area contributed by atoms with Crippen molar-refractivity contribution < 1.29 is 5.11 Å². The molecule has 1 aromatic heterocycles. The van der Waals surface area contributed by atoms with Crippen molar-refractivity contribution in [1.29, 1.82) is 0 Å². The molecule has 30 heavy (non-hydrogen) atoms. The van der Waals surface area contributed by atoms with Crippen molar-refractivity contribution in [3.05, 3.63) is 76.7 Å². The van der Waals surface area contributed by atoms with Gasteiger partial charge in [0.1, 0.15) is 11.6 Å². The molecule has 0 aliphatic rings. The van der Waals surface area contributed by atoms with Crippen molar-refractivity contribution in [2.75, 3.05) is 13.1 Å². The molecule has 0 radical (unpaired) electrons. The van der Waals surface area contributed by atoms with E-state index in [2.05, 4.69) is 48.0 Å². The van der Waals surface area contributed by atoms with Crippen LogP contribution in [0.2, 0.25) is 5.02 Å². The van der Waals surface area contributed by atoms with Gasteiger partial charge in [0.15, 0.2) is 0 Å². The van der Waals surface area contributed by atoms with E-state index in [4.69, 9.17) is 16.6 Å². The van der Waals surface area contributed by atoms with E-state index in [1.165, 1.54) is 12.0 Å². The van der Waals surface area contributed by atoms with Crippen LogP contribution in [0.15, 0.2) is 54.7 Å². The van der Waals surface area contributed by atoms with Gasteiger partial charge in [-0.1, -0.05) is 49.7 Å². The van der Waals surface area contributed by atoms with Gasteiger partial charge in [-0.2, -0.15) is 0 Å². The Morgan fingerprint density at radius 1 is 1.00 bits per heavy atom. The summed E-state index contributed by atoms with van der Waals surface area (Å²) in [7, 11) is 0. The Bertz CT molecular complexity index is 961. The highest BCUT2D eigenvalue weighted by Crippen LogP contribution is 2.24. The number of nitrogens with zero attached hydrogens (tertiary/aromatic N) is 3. The minimum absolute atomic E-state index is 0.121. The standard InChI is InChI=1S/C25H30ClN3O/c1-3-15-29(4-2)18-20-8-5-9-21(16-20)23-13-14-27-25(28-23)10-6-7-19-11-12-24(30)22(26)17-19/h5,8-9,11-14,16-17,30H,3-4,6-7,10,15,18H2,1-2H3. The van der Waals surface area contributed by atoms with Crippen molar-refractivity contribution >= 4 is 11.6 Å². The van der Waals surface area contributed by atoms with Crippen LogP contribution in [0.25, 0.3) is 11.3 Å².